The van der Waals surface area contributed by atoms with Crippen molar-refractivity contribution in [2.45, 2.75) is 25.3 Å². The van der Waals surface area contributed by atoms with E-state index in [1.54, 1.807) is 31.2 Å². The number of anilines is 1. The van der Waals surface area contributed by atoms with Gasteiger partial charge in [0.2, 0.25) is 0 Å². The molecule has 7 nitrogen and oxygen atoms in total. The van der Waals surface area contributed by atoms with Gasteiger partial charge in [-0.3, -0.25) is 9.52 Å². The molecule has 0 fully saturated rings. The number of ether oxygens (including phenoxy) is 2. The lowest BCUT2D eigenvalue weighted by Crippen LogP contribution is -2.25. The molecular formula is C24H24N2O5S. The minimum atomic E-state index is -3.85. The molecule has 0 radical (unpaired) electrons. The third-order valence-corrected chi connectivity index (χ3v) is 6.50. The molecule has 166 valence electrons. The molecule has 8 heteroatoms. The number of sulfonamides is 1. The molecule has 1 heterocycles. The molecule has 3 aromatic rings. The lowest BCUT2D eigenvalue weighted by Gasteiger charge is -2.21. The molecule has 0 unspecified atom stereocenters. The standard InChI is InChI=1S/C24H24N2O5S/c1-16-5-3-7-19(13-16)26-32(28,29)20-10-9-17(2)21(14-20)24(27)25-15-18-6-4-8-22-23(18)31-12-11-30-22/h3-10,13-14,26H,11-12,15H2,1-2H3,(H,25,27). The molecule has 1 aliphatic rings. The van der Waals surface area contributed by atoms with Crippen LogP contribution in [0.1, 0.15) is 27.0 Å². The van der Waals surface area contributed by atoms with Gasteiger partial charge in [-0.1, -0.05) is 30.3 Å². The first kappa shape index (κ1) is 21.7. The molecule has 2 N–H and O–H groups in total. The van der Waals surface area contributed by atoms with Gasteiger partial charge in [0, 0.05) is 23.4 Å². The highest BCUT2D eigenvalue weighted by Gasteiger charge is 2.20. The molecule has 0 aromatic heterocycles. The topological polar surface area (TPSA) is 93.7 Å². The fourth-order valence-electron chi connectivity index (χ4n) is 3.48. The first-order valence-corrected chi connectivity index (χ1v) is 11.7. The first-order chi connectivity index (χ1) is 15.3. The molecule has 0 saturated carbocycles. The van der Waals surface area contributed by atoms with Crippen molar-refractivity contribution in [3.05, 3.63) is 82.9 Å². The number of hydrogen-bond acceptors (Lipinski definition) is 5. The van der Waals surface area contributed by atoms with Gasteiger partial charge < -0.3 is 14.8 Å². The number of nitrogens with one attached hydrogen (secondary N) is 2. The highest BCUT2D eigenvalue weighted by molar-refractivity contribution is 7.92. The van der Waals surface area contributed by atoms with Crippen molar-refractivity contribution in [3.8, 4) is 11.5 Å². The van der Waals surface area contributed by atoms with Crippen LogP contribution in [0.3, 0.4) is 0 Å². The normalized spacial score (nSPS) is 12.8. The lowest BCUT2D eigenvalue weighted by atomic mass is 10.1. The summed E-state index contributed by atoms with van der Waals surface area (Å²) in [5, 5.41) is 2.85. The second kappa shape index (κ2) is 8.92. The number of rotatable bonds is 6. The van der Waals surface area contributed by atoms with Crippen LogP contribution in [0.2, 0.25) is 0 Å². The van der Waals surface area contributed by atoms with Crippen molar-refractivity contribution in [3.63, 3.8) is 0 Å². The highest BCUT2D eigenvalue weighted by Crippen LogP contribution is 2.33. The van der Waals surface area contributed by atoms with E-state index >= 15 is 0 Å². The fraction of sp³-hybridized carbons (Fsp3) is 0.208. The summed E-state index contributed by atoms with van der Waals surface area (Å²) in [5.74, 6) is 0.897. The summed E-state index contributed by atoms with van der Waals surface area (Å²) in [6.45, 7) is 4.81. The molecule has 0 spiro atoms. The van der Waals surface area contributed by atoms with E-state index in [4.69, 9.17) is 9.47 Å². The van der Waals surface area contributed by atoms with Crippen molar-refractivity contribution < 1.29 is 22.7 Å². The summed E-state index contributed by atoms with van der Waals surface area (Å²) >= 11 is 0. The molecular weight excluding hydrogens is 428 g/mol. The van der Waals surface area contributed by atoms with Crippen molar-refractivity contribution in [2.24, 2.45) is 0 Å². The highest BCUT2D eigenvalue weighted by atomic mass is 32.2. The van der Waals surface area contributed by atoms with Crippen LogP contribution >= 0.6 is 0 Å². The van der Waals surface area contributed by atoms with Crippen molar-refractivity contribution in [1.29, 1.82) is 0 Å². The number of para-hydroxylation sites is 1. The van der Waals surface area contributed by atoms with E-state index in [9.17, 15) is 13.2 Å². The number of carbonyl (C=O) groups excluding carboxylic acids is 1. The lowest BCUT2D eigenvalue weighted by molar-refractivity contribution is 0.0949. The van der Waals surface area contributed by atoms with Gasteiger partial charge in [0.1, 0.15) is 13.2 Å². The van der Waals surface area contributed by atoms with Crippen molar-refractivity contribution in [1.82, 2.24) is 5.32 Å². The number of amides is 1. The van der Waals surface area contributed by atoms with Crippen LogP contribution in [-0.2, 0) is 16.6 Å². The Balaban J connectivity index is 1.53. The number of aryl methyl sites for hydroxylation is 2. The van der Waals surface area contributed by atoms with Crippen LogP contribution in [0.5, 0.6) is 11.5 Å². The number of hydrogen-bond donors (Lipinski definition) is 2. The van der Waals surface area contributed by atoms with Gasteiger partial charge >= 0.3 is 0 Å². The van der Waals surface area contributed by atoms with Gasteiger partial charge in [0.15, 0.2) is 11.5 Å². The molecule has 0 bridgehead atoms. The maximum atomic E-state index is 12.9. The summed E-state index contributed by atoms with van der Waals surface area (Å²) in [7, 11) is -3.85. The average Bonchev–Trinajstić information content (AvgIpc) is 2.77. The third kappa shape index (κ3) is 4.70. The second-order valence-electron chi connectivity index (χ2n) is 7.58. The van der Waals surface area contributed by atoms with E-state index in [-0.39, 0.29) is 17.3 Å². The molecule has 1 aliphatic heterocycles. The molecule has 0 saturated heterocycles. The summed E-state index contributed by atoms with van der Waals surface area (Å²) in [5.41, 5.74) is 3.16. The third-order valence-electron chi connectivity index (χ3n) is 5.12. The summed E-state index contributed by atoms with van der Waals surface area (Å²) < 4.78 is 39.5. The molecule has 4 rings (SSSR count). The Morgan fingerprint density at radius 2 is 1.75 bits per heavy atom. The minimum absolute atomic E-state index is 0.0172. The molecule has 32 heavy (non-hydrogen) atoms. The predicted octanol–water partition coefficient (Wildman–Crippen LogP) is 3.81. The van der Waals surface area contributed by atoms with Crippen LogP contribution in [0.4, 0.5) is 5.69 Å². The monoisotopic (exact) mass is 452 g/mol. The second-order valence-corrected chi connectivity index (χ2v) is 9.26. The number of benzene rings is 3. The van der Waals surface area contributed by atoms with Crippen LogP contribution < -0.4 is 19.5 Å². The summed E-state index contributed by atoms with van der Waals surface area (Å²) in [6, 6.07) is 17.1. The van der Waals surface area contributed by atoms with E-state index in [2.05, 4.69) is 10.0 Å². The van der Waals surface area contributed by atoms with Gasteiger partial charge in [-0.2, -0.15) is 0 Å². The fourth-order valence-corrected chi connectivity index (χ4v) is 4.55. The largest absolute Gasteiger partial charge is 0.486 e. The maximum absolute atomic E-state index is 12.9. The summed E-state index contributed by atoms with van der Waals surface area (Å²) in [6.07, 6.45) is 0. The zero-order valence-corrected chi connectivity index (χ0v) is 18.7. The molecule has 1 amide bonds. The number of carbonyl (C=O) groups is 1. The zero-order chi connectivity index (χ0) is 22.7. The van der Waals surface area contributed by atoms with E-state index in [1.165, 1.54) is 12.1 Å². The molecule has 0 atom stereocenters. The Hall–Kier alpha value is -3.52. The minimum Gasteiger partial charge on any atom is -0.486 e. The van der Waals surface area contributed by atoms with E-state index < -0.39 is 10.0 Å². The smallest absolute Gasteiger partial charge is 0.261 e. The quantitative estimate of drug-likeness (QED) is 0.593. The maximum Gasteiger partial charge on any atom is 0.261 e. The predicted molar refractivity (Wildman–Crippen MR) is 122 cm³/mol. The Morgan fingerprint density at radius 3 is 2.56 bits per heavy atom. The average molecular weight is 453 g/mol. The van der Waals surface area contributed by atoms with Crippen LogP contribution in [0.15, 0.2) is 65.6 Å². The van der Waals surface area contributed by atoms with Crippen LogP contribution in [-0.4, -0.2) is 27.5 Å². The Kier molecular flexibility index (Phi) is 6.05. The van der Waals surface area contributed by atoms with Crippen LogP contribution in [0, 0.1) is 13.8 Å². The van der Waals surface area contributed by atoms with Gasteiger partial charge in [0.25, 0.3) is 15.9 Å². The SMILES string of the molecule is Cc1cccc(NS(=O)(=O)c2ccc(C)c(C(=O)NCc3cccc4c3OCCO4)c2)c1. The number of fused-ring (bicyclic) bond motifs is 1. The van der Waals surface area contributed by atoms with Gasteiger partial charge in [0.05, 0.1) is 4.90 Å². The van der Waals surface area contributed by atoms with Crippen molar-refractivity contribution in [2.75, 3.05) is 17.9 Å². The van der Waals surface area contributed by atoms with E-state index in [0.717, 1.165) is 11.1 Å². The van der Waals surface area contributed by atoms with Gasteiger partial charge in [-0.25, -0.2) is 8.42 Å². The van der Waals surface area contributed by atoms with Gasteiger partial charge in [-0.15, -0.1) is 0 Å². The first-order valence-electron chi connectivity index (χ1n) is 10.2. The molecule has 0 aliphatic carbocycles. The summed E-state index contributed by atoms with van der Waals surface area (Å²) in [4.78, 5) is 12.9. The van der Waals surface area contributed by atoms with E-state index in [1.807, 2.05) is 31.2 Å². The van der Waals surface area contributed by atoms with Gasteiger partial charge in [-0.05, 0) is 55.3 Å². The zero-order valence-electron chi connectivity index (χ0n) is 17.8. The Morgan fingerprint density at radius 1 is 0.969 bits per heavy atom. The van der Waals surface area contributed by atoms with Crippen LogP contribution in [0.25, 0.3) is 0 Å². The Labute approximate surface area is 187 Å². The van der Waals surface area contributed by atoms with E-state index in [0.29, 0.717) is 41.5 Å². The van der Waals surface area contributed by atoms with Crippen molar-refractivity contribution >= 4 is 21.6 Å². The Bertz CT molecular complexity index is 1270. The molecule has 3 aromatic carbocycles.